The van der Waals surface area contributed by atoms with E-state index in [9.17, 15) is 14.9 Å². The Labute approximate surface area is 119 Å². The van der Waals surface area contributed by atoms with Crippen molar-refractivity contribution >= 4 is 28.4 Å². The van der Waals surface area contributed by atoms with Gasteiger partial charge in [0.1, 0.15) is 0 Å². The largest absolute Gasteiger partial charge is 0.481 e. The summed E-state index contributed by atoms with van der Waals surface area (Å²) in [6, 6.07) is 2.86. The van der Waals surface area contributed by atoms with Gasteiger partial charge in [-0.05, 0) is 36.1 Å². The van der Waals surface area contributed by atoms with Gasteiger partial charge in [0.2, 0.25) is 5.52 Å². The number of hydrogen-bond donors (Lipinski definition) is 2. The molecule has 1 aromatic heterocycles. The van der Waals surface area contributed by atoms with E-state index in [1.54, 1.807) is 6.07 Å². The molecular weight excluding hydrogens is 280 g/mol. The Morgan fingerprint density at radius 3 is 2.86 bits per heavy atom. The van der Waals surface area contributed by atoms with E-state index in [1.165, 1.54) is 6.07 Å². The molecule has 0 aliphatic rings. The minimum absolute atomic E-state index is 0.00861. The summed E-state index contributed by atoms with van der Waals surface area (Å²) < 4.78 is 4.57. The number of nitrogens with one attached hydrogen (secondary N) is 1. The molecule has 9 nitrogen and oxygen atoms in total. The molecule has 9 heteroatoms. The monoisotopic (exact) mass is 294 g/mol. The van der Waals surface area contributed by atoms with Crippen LogP contribution in [0.3, 0.4) is 0 Å². The number of carboxylic acids is 1. The molecule has 2 rings (SSSR count). The maximum atomic E-state index is 10.9. The number of fused-ring (bicyclic) bond motifs is 1. The highest BCUT2D eigenvalue weighted by atomic mass is 16.6. The number of benzene rings is 1. The number of aromatic nitrogens is 2. The highest BCUT2D eigenvalue weighted by Gasteiger charge is 2.20. The molecule has 1 heterocycles. The van der Waals surface area contributed by atoms with Crippen LogP contribution >= 0.6 is 0 Å². The van der Waals surface area contributed by atoms with Gasteiger partial charge in [0.15, 0.2) is 5.52 Å². The van der Waals surface area contributed by atoms with Crippen molar-refractivity contribution < 1.29 is 19.5 Å². The first-order chi connectivity index (χ1) is 9.99. The van der Waals surface area contributed by atoms with Crippen molar-refractivity contribution in [3.63, 3.8) is 0 Å². The van der Waals surface area contributed by atoms with Gasteiger partial charge in [0.25, 0.3) is 0 Å². The van der Waals surface area contributed by atoms with Gasteiger partial charge in [0, 0.05) is 18.5 Å². The Kier molecular flexibility index (Phi) is 4.31. The van der Waals surface area contributed by atoms with Crippen molar-refractivity contribution in [3.8, 4) is 0 Å². The minimum Gasteiger partial charge on any atom is -0.481 e. The number of anilines is 1. The van der Waals surface area contributed by atoms with Crippen LogP contribution in [0.1, 0.15) is 26.2 Å². The molecule has 112 valence electrons. The van der Waals surface area contributed by atoms with Gasteiger partial charge in [-0.2, -0.15) is 0 Å². The summed E-state index contributed by atoms with van der Waals surface area (Å²) in [6.45, 7) is 1.89. The zero-order valence-corrected chi connectivity index (χ0v) is 11.3. The fourth-order valence-corrected chi connectivity index (χ4v) is 2.01. The highest BCUT2D eigenvalue weighted by molar-refractivity contribution is 5.93. The number of carbonyl (C=O) groups is 1. The number of nitro groups is 1. The first-order valence-electron chi connectivity index (χ1n) is 6.37. The highest BCUT2D eigenvalue weighted by Crippen LogP contribution is 2.29. The molecule has 0 bridgehead atoms. The molecule has 2 aromatic rings. The summed E-state index contributed by atoms with van der Waals surface area (Å²) in [5.41, 5.74) is 0.770. The molecule has 0 aliphatic heterocycles. The quantitative estimate of drug-likeness (QED) is 0.586. The molecule has 1 unspecified atom stereocenters. The van der Waals surface area contributed by atoms with Crippen LogP contribution in [0.25, 0.3) is 11.0 Å². The van der Waals surface area contributed by atoms with Crippen molar-refractivity contribution in [1.29, 1.82) is 0 Å². The predicted octanol–water partition coefficient (Wildman–Crippen LogP) is 2.19. The van der Waals surface area contributed by atoms with Crippen LogP contribution in [0.2, 0.25) is 0 Å². The van der Waals surface area contributed by atoms with Crippen LogP contribution in [0.4, 0.5) is 11.4 Å². The molecular formula is C12H14N4O5. The van der Waals surface area contributed by atoms with Crippen molar-refractivity contribution in [3.05, 3.63) is 22.2 Å². The number of hydrogen-bond acceptors (Lipinski definition) is 7. The Bertz CT molecular complexity index is 669. The van der Waals surface area contributed by atoms with Crippen molar-refractivity contribution in [2.45, 2.75) is 32.2 Å². The molecule has 2 N–H and O–H groups in total. The lowest BCUT2D eigenvalue weighted by Gasteiger charge is -2.14. The summed E-state index contributed by atoms with van der Waals surface area (Å²) in [5, 5.41) is 29.8. The van der Waals surface area contributed by atoms with E-state index in [4.69, 9.17) is 5.11 Å². The van der Waals surface area contributed by atoms with Crippen LogP contribution < -0.4 is 5.32 Å². The molecule has 0 saturated carbocycles. The lowest BCUT2D eigenvalue weighted by molar-refractivity contribution is -0.383. The van der Waals surface area contributed by atoms with Crippen LogP contribution in [-0.4, -0.2) is 32.4 Å². The number of rotatable bonds is 7. The van der Waals surface area contributed by atoms with Crippen molar-refractivity contribution in [2.24, 2.45) is 0 Å². The van der Waals surface area contributed by atoms with Crippen molar-refractivity contribution in [1.82, 2.24) is 10.3 Å². The number of nitro benzene ring substituents is 1. The Morgan fingerprint density at radius 2 is 2.19 bits per heavy atom. The molecule has 0 radical (unpaired) electrons. The Hall–Kier alpha value is -2.71. The van der Waals surface area contributed by atoms with Gasteiger partial charge in [-0.1, -0.05) is 0 Å². The van der Waals surface area contributed by atoms with Crippen LogP contribution in [-0.2, 0) is 4.79 Å². The number of nitrogens with zero attached hydrogens (tertiary/aromatic N) is 3. The van der Waals surface area contributed by atoms with Gasteiger partial charge in [-0.15, -0.1) is 0 Å². The minimum atomic E-state index is -0.833. The second kappa shape index (κ2) is 6.16. The smallest absolute Gasteiger partial charge is 0.303 e. The molecule has 0 amide bonds. The average Bonchev–Trinajstić information content (AvgIpc) is 2.87. The third kappa shape index (κ3) is 3.44. The van der Waals surface area contributed by atoms with Crippen LogP contribution in [0.15, 0.2) is 16.8 Å². The lowest BCUT2D eigenvalue weighted by atomic mass is 10.1. The van der Waals surface area contributed by atoms with Gasteiger partial charge in [-0.3, -0.25) is 14.9 Å². The second-order valence-corrected chi connectivity index (χ2v) is 4.68. The molecule has 1 aromatic carbocycles. The fourth-order valence-electron chi connectivity index (χ4n) is 2.01. The summed E-state index contributed by atoms with van der Waals surface area (Å²) in [5.74, 6) is -0.833. The van der Waals surface area contributed by atoms with E-state index in [0.29, 0.717) is 18.5 Å². The molecule has 0 saturated heterocycles. The molecule has 21 heavy (non-hydrogen) atoms. The van der Waals surface area contributed by atoms with E-state index in [1.807, 2.05) is 6.92 Å². The number of non-ortho nitro benzene ring substituents is 1. The van der Waals surface area contributed by atoms with E-state index >= 15 is 0 Å². The summed E-state index contributed by atoms with van der Waals surface area (Å²) >= 11 is 0. The predicted molar refractivity (Wildman–Crippen MR) is 73.0 cm³/mol. The van der Waals surface area contributed by atoms with Gasteiger partial charge < -0.3 is 10.4 Å². The zero-order valence-electron chi connectivity index (χ0n) is 11.3. The van der Waals surface area contributed by atoms with Crippen LogP contribution in [0.5, 0.6) is 0 Å². The van der Waals surface area contributed by atoms with E-state index in [2.05, 4.69) is 20.3 Å². The third-order valence-electron chi connectivity index (χ3n) is 3.02. The fraction of sp³-hybridized carbons (Fsp3) is 0.417. The molecule has 1 atom stereocenters. The Balaban J connectivity index is 2.12. The zero-order chi connectivity index (χ0) is 15.4. The van der Waals surface area contributed by atoms with E-state index in [0.717, 1.165) is 0 Å². The van der Waals surface area contributed by atoms with E-state index < -0.39 is 10.9 Å². The molecule has 0 aliphatic carbocycles. The molecule has 0 spiro atoms. The van der Waals surface area contributed by atoms with Crippen molar-refractivity contribution in [2.75, 3.05) is 5.32 Å². The summed E-state index contributed by atoms with van der Waals surface area (Å²) in [4.78, 5) is 20.8. The number of aliphatic carboxylic acids is 1. The topological polar surface area (TPSA) is 131 Å². The van der Waals surface area contributed by atoms with Gasteiger partial charge >= 0.3 is 11.7 Å². The number of carboxylic acid groups (broad SMARTS) is 1. The third-order valence-corrected chi connectivity index (χ3v) is 3.02. The van der Waals surface area contributed by atoms with Gasteiger partial charge in [-0.25, -0.2) is 4.63 Å². The SMILES string of the molecule is CC(CCCC(=O)O)Nc1ccc([N+](=O)[O-])c2nonc12. The standard InChI is InChI=1S/C12H14N4O5/c1-7(3-2-4-10(17)18)13-8-5-6-9(16(19)20)12-11(8)14-21-15-12/h5-7,13H,2-4H2,1H3,(H,17,18). The lowest BCUT2D eigenvalue weighted by Crippen LogP contribution is -2.15. The first-order valence-corrected chi connectivity index (χ1v) is 6.37. The molecule has 0 fully saturated rings. The first kappa shape index (κ1) is 14.7. The maximum Gasteiger partial charge on any atom is 0.303 e. The summed E-state index contributed by atoms with van der Waals surface area (Å²) in [6.07, 6.45) is 1.29. The van der Waals surface area contributed by atoms with Gasteiger partial charge in [0.05, 0.1) is 10.6 Å². The Morgan fingerprint density at radius 1 is 1.48 bits per heavy atom. The average molecular weight is 294 g/mol. The van der Waals surface area contributed by atoms with Crippen LogP contribution in [0, 0.1) is 10.1 Å². The van der Waals surface area contributed by atoms with E-state index in [-0.39, 0.29) is 29.2 Å². The normalized spacial score (nSPS) is 12.2. The second-order valence-electron chi connectivity index (χ2n) is 4.68. The maximum absolute atomic E-state index is 10.9. The summed E-state index contributed by atoms with van der Waals surface area (Å²) in [7, 11) is 0.